The fourth-order valence-corrected chi connectivity index (χ4v) is 3.29. The van der Waals surface area contributed by atoms with Gasteiger partial charge in [0.25, 0.3) is 0 Å². The second-order valence-electron chi connectivity index (χ2n) is 6.58. The number of aromatic nitrogens is 2. The molecule has 0 spiro atoms. The molecule has 0 amide bonds. The number of nitrogens with zero attached hydrogens (tertiary/aromatic N) is 3. The molecular formula is C21H21FN4. The lowest BCUT2D eigenvalue weighted by molar-refractivity contribution is 0.627. The number of aryl methyl sites for hydroxylation is 1. The SMILES string of the molecule is Cc1nc(NCc2ccc(F)cc2)cc(N2CCc3ccccc3C2)n1. The molecule has 3 aromatic rings. The van der Waals surface area contributed by atoms with Crippen LogP contribution in [0.5, 0.6) is 0 Å². The van der Waals surface area contributed by atoms with E-state index < -0.39 is 0 Å². The summed E-state index contributed by atoms with van der Waals surface area (Å²) in [5.41, 5.74) is 3.79. The molecule has 5 heteroatoms. The molecule has 0 radical (unpaired) electrons. The number of halogens is 1. The van der Waals surface area contributed by atoms with Crippen LogP contribution in [0.25, 0.3) is 0 Å². The maximum Gasteiger partial charge on any atom is 0.134 e. The summed E-state index contributed by atoms with van der Waals surface area (Å²) in [5.74, 6) is 2.24. The van der Waals surface area contributed by atoms with Crippen molar-refractivity contribution >= 4 is 11.6 Å². The second kappa shape index (κ2) is 7.12. The number of nitrogens with one attached hydrogen (secondary N) is 1. The summed E-state index contributed by atoms with van der Waals surface area (Å²) in [6.07, 6.45) is 1.03. The molecule has 1 aromatic heterocycles. The van der Waals surface area contributed by atoms with Gasteiger partial charge in [-0.3, -0.25) is 0 Å². The van der Waals surface area contributed by atoms with Gasteiger partial charge >= 0.3 is 0 Å². The van der Waals surface area contributed by atoms with Crippen LogP contribution in [-0.2, 0) is 19.5 Å². The van der Waals surface area contributed by atoms with Crippen molar-refractivity contribution < 1.29 is 4.39 Å². The average molecular weight is 348 g/mol. The molecule has 0 saturated heterocycles. The average Bonchev–Trinajstić information content (AvgIpc) is 2.67. The zero-order valence-corrected chi connectivity index (χ0v) is 14.7. The van der Waals surface area contributed by atoms with E-state index in [1.165, 1.54) is 23.3 Å². The lowest BCUT2D eigenvalue weighted by Gasteiger charge is -2.30. The molecule has 4 nitrogen and oxygen atoms in total. The molecule has 0 atom stereocenters. The third-order valence-electron chi connectivity index (χ3n) is 4.67. The van der Waals surface area contributed by atoms with E-state index in [1.54, 1.807) is 12.1 Å². The van der Waals surface area contributed by atoms with Crippen molar-refractivity contribution in [3.05, 3.63) is 82.9 Å². The maximum atomic E-state index is 13.0. The zero-order chi connectivity index (χ0) is 17.9. The third-order valence-corrected chi connectivity index (χ3v) is 4.67. The van der Waals surface area contributed by atoms with Gasteiger partial charge in [0.2, 0.25) is 0 Å². The van der Waals surface area contributed by atoms with Gasteiger partial charge in [-0.05, 0) is 42.2 Å². The highest BCUT2D eigenvalue weighted by molar-refractivity contribution is 5.51. The summed E-state index contributed by atoms with van der Waals surface area (Å²) in [4.78, 5) is 11.4. The van der Waals surface area contributed by atoms with Gasteiger partial charge in [0.1, 0.15) is 23.3 Å². The zero-order valence-electron chi connectivity index (χ0n) is 14.7. The van der Waals surface area contributed by atoms with E-state index in [0.717, 1.165) is 42.5 Å². The summed E-state index contributed by atoms with van der Waals surface area (Å²) >= 11 is 0. The monoisotopic (exact) mass is 348 g/mol. The van der Waals surface area contributed by atoms with E-state index in [2.05, 4.69) is 44.5 Å². The van der Waals surface area contributed by atoms with Gasteiger partial charge in [0.15, 0.2) is 0 Å². The molecule has 0 aliphatic carbocycles. The molecule has 26 heavy (non-hydrogen) atoms. The van der Waals surface area contributed by atoms with E-state index in [0.29, 0.717) is 6.54 Å². The fourth-order valence-electron chi connectivity index (χ4n) is 3.29. The number of anilines is 2. The minimum absolute atomic E-state index is 0.223. The Balaban J connectivity index is 1.50. The topological polar surface area (TPSA) is 41.1 Å². The number of fused-ring (bicyclic) bond motifs is 1. The molecule has 1 N–H and O–H groups in total. The fraction of sp³-hybridized carbons (Fsp3) is 0.238. The van der Waals surface area contributed by atoms with Crippen molar-refractivity contribution in [2.45, 2.75) is 26.4 Å². The predicted octanol–water partition coefficient (Wildman–Crippen LogP) is 4.10. The van der Waals surface area contributed by atoms with Gasteiger partial charge in [-0.15, -0.1) is 0 Å². The summed E-state index contributed by atoms with van der Waals surface area (Å²) in [6, 6.07) is 17.1. The van der Waals surface area contributed by atoms with Crippen LogP contribution >= 0.6 is 0 Å². The van der Waals surface area contributed by atoms with Crippen molar-refractivity contribution in [2.75, 3.05) is 16.8 Å². The summed E-state index contributed by atoms with van der Waals surface area (Å²) < 4.78 is 13.0. The lowest BCUT2D eigenvalue weighted by atomic mass is 10.00. The molecule has 132 valence electrons. The van der Waals surface area contributed by atoms with E-state index in [-0.39, 0.29) is 5.82 Å². The molecule has 4 rings (SSSR count). The van der Waals surface area contributed by atoms with E-state index in [1.807, 2.05) is 13.0 Å². The first-order valence-electron chi connectivity index (χ1n) is 8.83. The number of hydrogen-bond donors (Lipinski definition) is 1. The first kappa shape index (κ1) is 16.5. The quantitative estimate of drug-likeness (QED) is 0.771. The Kier molecular flexibility index (Phi) is 4.52. The van der Waals surface area contributed by atoms with Crippen molar-refractivity contribution in [3.8, 4) is 0 Å². The number of benzene rings is 2. The minimum Gasteiger partial charge on any atom is -0.366 e. The van der Waals surface area contributed by atoms with Crippen molar-refractivity contribution in [2.24, 2.45) is 0 Å². The Bertz CT molecular complexity index is 908. The van der Waals surface area contributed by atoms with Crippen LogP contribution in [0.15, 0.2) is 54.6 Å². The van der Waals surface area contributed by atoms with Gasteiger partial charge in [-0.1, -0.05) is 36.4 Å². The summed E-state index contributed by atoms with van der Waals surface area (Å²) in [6.45, 7) is 4.32. The van der Waals surface area contributed by atoms with Gasteiger partial charge in [-0.25, -0.2) is 14.4 Å². The smallest absolute Gasteiger partial charge is 0.134 e. The van der Waals surface area contributed by atoms with Gasteiger partial charge < -0.3 is 10.2 Å². The van der Waals surface area contributed by atoms with Crippen LogP contribution in [-0.4, -0.2) is 16.5 Å². The van der Waals surface area contributed by atoms with Gasteiger partial charge in [0.05, 0.1) is 0 Å². The molecule has 0 fully saturated rings. The molecule has 1 aliphatic rings. The van der Waals surface area contributed by atoms with Crippen LogP contribution in [0, 0.1) is 12.7 Å². The highest BCUT2D eigenvalue weighted by Gasteiger charge is 2.18. The van der Waals surface area contributed by atoms with E-state index in [9.17, 15) is 4.39 Å². The minimum atomic E-state index is -0.223. The Labute approximate surface area is 152 Å². The third kappa shape index (κ3) is 3.67. The van der Waals surface area contributed by atoms with Crippen molar-refractivity contribution in [1.29, 1.82) is 0 Å². The van der Waals surface area contributed by atoms with Crippen LogP contribution in [0.2, 0.25) is 0 Å². The van der Waals surface area contributed by atoms with Gasteiger partial charge in [0, 0.05) is 25.7 Å². The molecule has 1 aliphatic heterocycles. The van der Waals surface area contributed by atoms with E-state index in [4.69, 9.17) is 0 Å². The second-order valence-corrected chi connectivity index (χ2v) is 6.58. The Morgan fingerprint density at radius 3 is 2.62 bits per heavy atom. The van der Waals surface area contributed by atoms with E-state index >= 15 is 0 Å². The van der Waals surface area contributed by atoms with Crippen molar-refractivity contribution in [1.82, 2.24) is 9.97 Å². The van der Waals surface area contributed by atoms with Crippen LogP contribution in [0.1, 0.15) is 22.5 Å². The molecule has 2 aromatic carbocycles. The lowest BCUT2D eigenvalue weighted by Crippen LogP contribution is -2.31. The molecule has 0 saturated carbocycles. The van der Waals surface area contributed by atoms with Crippen LogP contribution < -0.4 is 10.2 Å². The Morgan fingerprint density at radius 1 is 1.04 bits per heavy atom. The summed E-state index contributed by atoms with van der Waals surface area (Å²) in [5, 5.41) is 3.32. The summed E-state index contributed by atoms with van der Waals surface area (Å²) in [7, 11) is 0. The maximum absolute atomic E-state index is 13.0. The molecular weight excluding hydrogens is 327 g/mol. The molecule has 2 heterocycles. The number of hydrogen-bond acceptors (Lipinski definition) is 4. The first-order valence-corrected chi connectivity index (χ1v) is 8.83. The standard InChI is InChI=1S/C21H21FN4/c1-15-24-20(23-13-16-6-8-19(22)9-7-16)12-21(25-15)26-11-10-17-4-2-3-5-18(17)14-26/h2-9,12H,10-11,13-14H2,1H3,(H,23,24,25). The highest BCUT2D eigenvalue weighted by Crippen LogP contribution is 2.24. The highest BCUT2D eigenvalue weighted by atomic mass is 19.1. The largest absolute Gasteiger partial charge is 0.366 e. The Hall–Kier alpha value is -2.95. The van der Waals surface area contributed by atoms with Crippen LogP contribution in [0.3, 0.4) is 0 Å². The van der Waals surface area contributed by atoms with Crippen molar-refractivity contribution in [3.63, 3.8) is 0 Å². The predicted molar refractivity (Wildman–Crippen MR) is 102 cm³/mol. The van der Waals surface area contributed by atoms with Crippen LogP contribution in [0.4, 0.5) is 16.0 Å². The number of rotatable bonds is 4. The first-order chi connectivity index (χ1) is 12.7. The Morgan fingerprint density at radius 2 is 1.81 bits per heavy atom. The van der Waals surface area contributed by atoms with Gasteiger partial charge in [-0.2, -0.15) is 0 Å². The molecule has 0 unspecified atom stereocenters. The molecule has 0 bridgehead atoms. The normalized spacial score (nSPS) is 13.4.